The van der Waals surface area contributed by atoms with E-state index in [1.807, 2.05) is 6.92 Å². The van der Waals surface area contributed by atoms with Gasteiger partial charge in [-0.15, -0.1) is 5.10 Å². The first-order chi connectivity index (χ1) is 8.58. The molecule has 2 atom stereocenters. The average Bonchev–Trinajstić information content (AvgIpc) is 2.81. The lowest BCUT2D eigenvalue weighted by atomic mass is 9.92. The average molecular weight is 252 g/mol. The number of carboxylic acids is 1. The van der Waals surface area contributed by atoms with Crippen molar-refractivity contribution in [3.8, 4) is 0 Å². The second kappa shape index (κ2) is 5.16. The Morgan fingerprint density at radius 2 is 2.28 bits per heavy atom. The number of aromatic nitrogens is 3. The zero-order chi connectivity index (χ0) is 13.1. The van der Waals surface area contributed by atoms with Crippen LogP contribution in [0, 0.1) is 5.92 Å². The van der Waals surface area contributed by atoms with E-state index in [4.69, 9.17) is 0 Å². The van der Waals surface area contributed by atoms with Crippen LogP contribution in [0.4, 0.5) is 0 Å². The Morgan fingerprint density at radius 1 is 1.50 bits per heavy atom. The van der Waals surface area contributed by atoms with Gasteiger partial charge in [0.2, 0.25) is 5.91 Å². The van der Waals surface area contributed by atoms with Crippen LogP contribution >= 0.6 is 0 Å². The van der Waals surface area contributed by atoms with Crippen LogP contribution in [0.2, 0.25) is 0 Å². The zero-order valence-electron chi connectivity index (χ0n) is 10.2. The number of aliphatic carboxylic acids is 1. The number of hydrogen-bond acceptors (Lipinski definition) is 4. The van der Waals surface area contributed by atoms with E-state index in [9.17, 15) is 14.7 Å². The lowest BCUT2D eigenvalue weighted by Gasteiger charge is -2.35. The van der Waals surface area contributed by atoms with E-state index in [-0.39, 0.29) is 12.5 Å². The number of carbonyl (C=O) groups excluding carboxylic acids is 1. The van der Waals surface area contributed by atoms with Gasteiger partial charge in [-0.05, 0) is 18.8 Å². The Hall–Kier alpha value is -1.92. The van der Waals surface area contributed by atoms with Gasteiger partial charge in [-0.2, -0.15) is 0 Å². The Morgan fingerprint density at radius 3 is 2.89 bits per heavy atom. The van der Waals surface area contributed by atoms with E-state index in [0.717, 1.165) is 6.42 Å². The highest BCUT2D eigenvalue weighted by Crippen LogP contribution is 2.22. The SMILES string of the molecule is CC1CCN(C(=O)Cn2ccnn2)C(C(=O)O)C1. The fourth-order valence-electron chi connectivity index (χ4n) is 2.22. The summed E-state index contributed by atoms with van der Waals surface area (Å²) in [5.41, 5.74) is 0. The molecule has 2 heterocycles. The third-order valence-corrected chi connectivity index (χ3v) is 3.24. The van der Waals surface area contributed by atoms with Crippen LogP contribution in [0.1, 0.15) is 19.8 Å². The van der Waals surface area contributed by atoms with Crippen LogP contribution in [-0.4, -0.2) is 49.5 Å². The van der Waals surface area contributed by atoms with Crippen molar-refractivity contribution in [1.82, 2.24) is 19.9 Å². The van der Waals surface area contributed by atoms with Crippen molar-refractivity contribution in [1.29, 1.82) is 0 Å². The van der Waals surface area contributed by atoms with Crippen molar-refractivity contribution in [3.63, 3.8) is 0 Å². The molecular weight excluding hydrogens is 236 g/mol. The molecule has 1 aliphatic rings. The number of piperidine rings is 1. The molecule has 0 spiro atoms. The monoisotopic (exact) mass is 252 g/mol. The van der Waals surface area contributed by atoms with E-state index in [1.54, 1.807) is 6.20 Å². The largest absolute Gasteiger partial charge is 0.480 e. The van der Waals surface area contributed by atoms with Crippen LogP contribution in [0.3, 0.4) is 0 Å². The minimum atomic E-state index is -0.937. The molecule has 1 amide bonds. The number of hydrogen-bond donors (Lipinski definition) is 1. The van der Waals surface area contributed by atoms with Crippen molar-refractivity contribution in [2.24, 2.45) is 5.92 Å². The summed E-state index contributed by atoms with van der Waals surface area (Å²) >= 11 is 0. The topological polar surface area (TPSA) is 88.3 Å². The number of nitrogens with zero attached hydrogens (tertiary/aromatic N) is 4. The fraction of sp³-hybridized carbons (Fsp3) is 0.636. The molecule has 1 N–H and O–H groups in total. The van der Waals surface area contributed by atoms with Gasteiger partial charge in [-0.1, -0.05) is 12.1 Å². The van der Waals surface area contributed by atoms with Gasteiger partial charge in [0.1, 0.15) is 12.6 Å². The van der Waals surface area contributed by atoms with Crippen LogP contribution in [0.25, 0.3) is 0 Å². The van der Waals surface area contributed by atoms with E-state index in [2.05, 4.69) is 10.3 Å². The second-order valence-electron chi connectivity index (χ2n) is 4.67. The van der Waals surface area contributed by atoms with Gasteiger partial charge in [-0.3, -0.25) is 4.79 Å². The third-order valence-electron chi connectivity index (χ3n) is 3.24. The number of likely N-dealkylation sites (tertiary alicyclic amines) is 1. The van der Waals surface area contributed by atoms with E-state index in [1.165, 1.54) is 15.8 Å². The molecule has 7 nitrogen and oxygen atoms in total. The van der Waals surface area contributed by atoms with Crippen molar-refractivity contribution < 1.29 is 14.7 Å². The first-order valence-corrected chi connectivity index (χ1v) is 5.94. The highest BCUT2D eigenvalue weighted by atomic mass is 16.4. The third kappa shape index (κ3) is 2.66. The summed E-state index contributed by atoms with van der Waals surface area (Å²) in [6.45, 7) is 2.54. The van der Waals surface area contributed by atoms with Crippen LogP contribution in [-0.2, 0) is 16.1 Å². The standard InChI is InChI=1S/C11H16N4O3/c1-8-2-4-15(9(6-8)11(17)18)10(16)7-14-5-3-12-13-14/h3,5,8-9H,2,4,6-7H2,1H3,(H,17,18). The van der Waals surface area contributed by atoms with Gasteiger partial charge in [0.15, 0.2) is 0 Å². The number of carbonyl (C=O) groups is 2. The highest BCUT2D eigenvalue weighted by Gasteiger charge is 2.34. The Kier molecular flexibility index (Phi) is 3.59. The molecule has 7 heteroatoms. The van der Waals surface area contributed by atoms with E-state index >= 15 is 0 Å². The first kappa shape index (κ1) is 12.5. The molecule has 1 aromatic heterocycles. The summed E-state index contributed by atoms with van der Waals surface area (Å²) in [5.74, 6) is -0.824. The maximum Gasteiger partial charge on any atom is 0.326 e. The first-order valence-electron chi connectivity index (χ1n) is 5.94. The minimum Gasteiger partial charge on any atom is -0.480 e. The minimum absolute atomic E-state index is 0.0398. The number of carboxylic acid groups (broad SMARTS) is 1. The Labute approximate surface area is 104 Å². The highest BCUT2D eigenvalue weighted by molar-refractivity contribution is 5.83. The van der Waals surface area contributed by atoms with E-state index < -0.39 is 12.0 Å². The smallest absolute Gasteiger partial charge is 0.326 e. The predicted molar refractivity (Wildman–Crippen MR) is 61.6 cm³/mol. The van der Waals surface area contributed by atoms with Crippen molar-refractivity contribution in [2.45, 2.75) is 32.4 Å². The predicted octanol–water partition coefficient (Wildman–Crippen LogP) is -0.0102. The Balaban J connectivity index is 2.05. The van der Waals surface area contributed by atoms with Crippen molar-refractivity contribution >= 4 is 11.9 Å². The summed E-state index contributed by atoms with van der Waals surface area (Å²) in [6.07, 6.45) is 4.42. The number of rotatable bonds is 3. The summed E-state index contributed by atoms with van der Waals surface area (Å²) in [5, 5.41) is 16.5. The molecule has 1 aromatic rings. The molecule has 0 aliphatic carbocycles. The van der Waals surface area contributed by atoms with Crippen LogP contribution in [0.5, 0.6) is 0 Å². The normalized spacial score (nSPS) is 23.9. The van der Waals surface area contributed by atoms with Gasteiger partial charge in [0, 0.05) is 12.7 Å². The molecular formula is C11H16N4O3. The lowest BCUT2D eigenvalue weighted by Crippen LogP contribution is -2.50. The summed E-state index contributed by atoms with van der Waals surface area (Å²) in [6, 6.07) is -0.718. The maximum absolute atomic E-state index is 12.1. The molecule has 1 fully saturated rings. The van der Waals surface area contributed by atoms with Gasteiger partial charge < -0.3 is 10.0 Å². The van der Waals surface area contributed by atoms with Gasteiger partial charge >= 0.3 is 5.97 Å². The van der Waals surface area contributed by atoms with E-state index in [0.29, 0.717) is 18.9 Å². The summed E-state index contributed by atoms with van der Waals surface area (Å²) in [7, 11) is 0. The molecule has 2 rings (SSSR count). The molecule has 0 saturated carbocycles. The fourth-order valence-corrected chi connectivity index (χ4v) is 2.22. The van der Waals surface area contributed by atoms with Gasteiger partial charge in [0.05, 0.1) is 6.20 Å². The second-order valence-corrected chi connectivity index (χ2v) is 4.67. The molecule has 0 radical (unpaired) electrons. The Bertz CT molecular complexity index is 432. The summed E-state index contributed by atoms with van der Waals surface area (Å²) in [4.78, 5) is 24.7. The van der Waals surface area contributed by atoms with Crippen LogP contribution < -0.4 is 0 Å². The molecule has 1 aliphatic heterocycles. The molecule has 0 bridgehead atoms. The maximum atomic E-state index is 12.1. The van der Waals surface area contributed by atoms with Crippen molar-refractivity contribution in [2.75, 3.05) is 6.54 Å². The van der Waals surface area contributed by atoms with Gasteiger partial charge in [0.25, 0.3) is 0 Å². The number of amides is 1. The summed E-state index contributed by atoms with van der Waals surface area (Å²) < 4.78 is 1.40. The molecule has 0 aromatic carbocycles. The molecule has 18 heavy (non-hydrogen) atoms. The molecule has 98 valence electrons. The molecule has 2 unspecified atom stereocenters. The van der Waals surface area contributed by atoms with Crippen LogP contribution in [0.15, 0.2) is 12.4 Å². The quantitative estimate of drug-likeness (QED) is 0.817. The zero-order valence-corrected chi connectivity index (χ0v) is 10.2. The van der Waals surface area contributed by atoms with Crippen molar-refractivity contribution in [3.05, 3.63) is 12.4 Å². The lowest BCUT2D eigenvalue weighted by molar-refractivity contribution is -0.153. The van der Waals surface area contributed by atoms with Gasteiger partial charge in [-0.25, -0.2) is 9.48 Å². The molecule has 1 saturated heterocycles.